The van der Waals surface area contributed by atoms with Gasteiger partial charge in [0.05, 0.1) is 6.61 Å². The first-order valence-corrected chi connectivity index (χ1v) is 5.69. The Kier molecular flexibility index (Phi) is 5.60. The molecular formula is C11H21NO2. The molecule has 1 fully saturated rings. The fraction of sp³-hybridized carbons (Fsp3) is 0.909. The Morgan fingerprint density at radius 1 is 1.36 bits per heavy atom. The van der Waals surface area contributed by atoms with E-state index >= 15 is 0 Å². The zero-order valence-electron chi connectivity index (χ0n) is 9.05. The van der Waals surface area contributed by atoms with Crippen molar-refractivity contribution in [1.29, 1.82) is 0 Å². The van der Waals surface area contributed by atoms with Crippen molar-refractivity contribution in [2.75, 3.05) is 19.7 Å². The van der Waals surface area contributed by atoms with Crippen LogP contribution in [0, 0.1) is 5.92 Å². The van der Waals surface area contributed by atoms with Crippen LogP contribution in [0.4, 0.5) is 0 Å². The fourth-order valence-electron chi connectivity index (χ4n) is 1.92. The predicted molar refractivity (Wildman–Crippen MR) is 56.1 cm³/mol. The molecular weight excluding hydrogens is 178 g/mol. The van der Waals surface area contributed by atoms with Gasteiger partial charge in [0.15, 0.2) is 0 Å². The van der Waals surface area contributed by atoms with Gasteiger partial charge in [-0.25, -0.2) is 0 Å². The lowest BCUT2D eigenvalue weighted by Crippen LogP contribution is -2.24. The molecule has 0 amide bonds. The number of esters is 1. The summed E-state index contributed by atoms with van der Waals surface area (Å²) in [5.41, 5.74) is 0. The van der Waals surface area contributed by atoms with Gasteiger partial charge in [-0.2, -0.15) is 0 Å². The van der Waals surface area contributed by atoms with Gasteiger partial charge in [-0.15, -0.1) is 0 Å². The summed E-state index contributed by atoms with van der Waals surface area (Å²) in [6.45, 7) is 4.54. The molecule has 3 heteroatoms. The van der Waals surface area contributed by atoms with E-state index in [0.717, 1.165) is 19.5 Å². The molecule has 3 nitrogen and oxygen atoms in total. The summed E-state index contributed by atoms with van der Waals surface area (Å²) < 4.78 is 4.96. The molecule has 14 heavy (non-hydrogen) atoms. The van der Waals surface area contributed by atoms with E-state index in [2.05, 4.69) is 5.32 Å². The highest BCUT2D eigenvalue weighted by Crippen LogP contribution is 2.18. The monoisotopic (exact) mass is 199 g/mol. The maximum absolute atomic E-state index is 11.3. The average molecular weight is 199 g/mol. The Balaban J connectivity index is 2.22. The molecule has 0 aromatic carbocycles. The van der Waals surface area contributed by atoms with Crippen LogP contribution in [0.15, 0.2) is 0 Å². The van der Waals surface area contributed by atoms with Gasteiger partial charge in [0.2, 0.25) is 0 Å². The average Bonchev–Trinajstić information content (AvgIpc) is 2.10. The van der Waals surface area contributed by atoms with Gasteiger partial charge in [-0.3, -0.25) is 4.79 Å². The van der Waals surface area contributed by atoms with E-state index in [-0.39, 0.29) is 5.97 Å². The summed E-state index contributed by atoms with van der Waals surface area (Å²) in [6, 6.07) is 0. The van der Waals surface area contributed by atoms with E-state index in [1.54, 1.807) is 0 Å². The quantitative estimate of drug-likeness (QED) is 0.703. The Labute approximate surface area is 86.2 Å². The third-order valence-corrected chi connectivity index (χ3v) is 2.71. The summed E-state index contributed by atoms with van der Waals surface area (Å²) in [4.78, 5) is 11.3. The number of hydrogen-bond acceptors (Lipinski definition) is 3. The highest BCUT2D eigenvalue weighted by Gasteiger charge is 2.15. The van der Waals surface area contributed by atoms with E-state index in [9.17, 15) is 4.79 Å². The Hall–Kier alpha value is -0.570. The largest absolute Gasteiger partial charge is 0.466 e. The normalized spacial score (nSPS) is 23.6. The van der Waals surface area contributed by atoms with Crippen molar-refractivity contribution in [2.45, 2.75) is 39.0 Å². The zero-order chi connectivity index (χ0) is 10.2. The lowest BCUT2D eigenvalue weighted by atomic mass is 9.93. The van der Waals surface area contributed by atoms with Crippen molar-refractivity contribution < 1.29 is 9.53 Å². The van der Waals surface area contributed by atoms with E-state index in [0.29, 0.717) is 18.9 Å². The SMILES string of the molecule is CCOC(=O)CC1CCCCNCC1. The molecule has 1 aliphatic heterocycles. The van der Waals surface area contributed by atoms with Gasteiger partial charge in [-0.05, 0) is 45.2 Å². The molecule has 1 heterocycles. The maximum atomic E-state index is 11.3. The molecule has 0 aromatic heterocycles. The highest BCUT2D eigenvalue weighted by atomic mass is 16.5. The van der Waals surface area contributed by atoms with Crippen molar-refractivity contribution in [3.05, 3.63) is 0 Å². The fourth-order valence-corrected chi connectivity index (χ4v) is 1.92. The Bertz CT molecular complexity index is 163. The summed E-state index contributed by atoms with van der Waals surface area (Å²) >= 11 is 0. The van der Waals surface area contributed by atoms with Crippen LogP contribution in [0.1, 0.15) is 39.0 Å². The minimum atomic E-state index is -0.0296. The first-order chi connectivity index (χ1) is 6.83. The molecule has 1 saturated heterocycles. The molecule has 0 radical (unpaired) electrons. The second-order valence-corrected chi connectivity index (χ2v) is 3.91. The molecule has 0 aromatic rings. The van der Waals surface area contributed by atoms with Gasteiger partial charge in [-0.1, -0.05) is 6.42 Å². The van der Waals surface area contributed by atoms with Crippen LogP contribution in [-0.4, -0.2) is 25.7 Å². The molecule has 0 saturated carbocycles. The zero-order valence-corrected chi connectivity index (χ0v) is 9.05. The number of hydrogen-bond donors (Lipinski definition) is 1. The van der Waals surface area contributed by atoms with Crippen LogP contribution in [0.3, 0.4) is 0 Å². The second kappa shape index (κ2) is 6.82. The summed E-state index contributed by atoms with van der Waals surface area (Å²) in [6.07, 6.45) is 5.37. The molecule has 1 N–H and O–H groups in total. The van der Waals surface area contributed by atoms with Crippen LogP contribution < -0.4 is 5.32 Å². The van der Waals surface area contributed by atoms with Gasteiger partial charge in [0.1, 0.15) is 0 Å². The summed E-state index contributed by atoms with van der Waals surface area (Å²) in [7, 11) is 0. The molecule has 1 unspecified atom stereocenters. The predicted octanol–water partition coefficient (Wildman–Crippen LogP) is 1.72. The lowest BCUT2D eigenvalue weighted by molar-refractivity contribution is -0.144. The number of rotatable bonds is 3. The van der Waals surface area contributed by atoms with Crippen molar-refractivity contribution in [3.8, 4) is 0 Å². The lowest BCUT2D eigenvalue weighted by Gasteiger charge is -2.19. The van der Waals surface area contributed by atoms with Gasteiger partial charge in [0.25, 0.3) is 0 Å². The minimum Gasteiger partial charge on any atom is -0.466 e. The first-order valence-electron chi connectivity index (χ1n) is 5.69. The number of carbonyl (C=O) groups excluding carboxylic acids is 1. The molecule has 1 rings (SSSR count). The standard InChI is InChI=1S/C11H21NO2/c1-2-14-11(13)9-10-5-3-4-7-12-8-6-10/h10,12H,2-9H2,1H3. The molecule has 1 atom stereocenters. The molecule has 82 valence electrons. The maximum Gasteiger partial charge on any atom is 0.306 e. The van der Waals surface area contributed by atoms with Crippen molar-refractivity contribution in [1.82, 2.24) is 5.32 Å². The first kappa shape index (κ1) is 11.5. The van der Waals surface area contributed by atoms with Gasteiger partial charge >= 0.3 is 5.97 Å². The van der Waals surface area contributed by atoms with Crippen LogP contribution in [-0.2, 0) is 9.53 Å². The Morgan fingerprint density at radius 3 is 3.00 bits per heavy atom. The third-order valence-electron chi connectivity index (χ3n) is 2.71. The van der Waals surface area contributed by atoms with Crippen molar-refractivity contribution >= 4 is 5.97 Å². The smallest absolute Gasteiger partial charge is 0.306 e. The number of ether oxygens (including phenoxy) is 1. The van der Waals surface area contributed by atoms with Crippen LogP contribution in [0.2, 0.25) is 0 Å². The summed E-state index contributed by atoms with van der Waals surface area (Å²) in [5, 5.41) is 3.37. The molecule has 0 aliphatic carbocycles. The van der Waals surface area contributed by atoms with E-state index in [1.807, 2.05) is 6.92 Å². The molecule has 1 aliphatic rings. The Morgan fingerprint density at radius 2 is 2.21 bits per heavy atom. The molecule has 0 bridgehead atoms. The highest BCUT2D eigenvalue weighted by molar-refractivity contribution is 5.69. The van der Waals surface area contributed by atoms with Crippen LogP contribution >= 0.6 is 0 Å². The van der Waals surface area contributed by atoms with E-state index in [1.165, 1.54) is 19.3 Å². The van der Waals surface area contributed by atoms with E-state index in [4.69, 9.17) is 4.74 Å². The summed E-state index contributed by atoms with van der Waals surface area (Å²) in [5.74, 6) is 0.500. The van der Waals surface area contributed by atoms with Crippen LogP contribution in [0.5, 0.6) is 0 Å². The topological polar surface area (TPSA) is 38.3 Å². The van der Waals surface area contributed by atoms with Crippen molar-refractivity contribution in [3.63, 3.8) is 0 Å². The third kappa shape index (κ3) is 4.61. The minimum absolute atomic E-state index is 0.0296. The number of carbonyl (C=O) groups is 1. The van der Waals surface area contributed by atoms with Crippen molar-refractivity contribution in [2.24, 2.45) is 5.92 Å². The van der Waals surface area contributed by atoms with E-state index < -0.39 is 0 Å². The number of nitrogens with one attached hydrogen (secondary N) is 1. The van der Waals surface area contributed by atoms with Crippen LogP contribution in [0.25, 0.3) is 0 Å². The second-order valence-electron chi connectivity index (χ2n) is 3.91. The van der Waals surface area contributed by atoms with Gasteiger partial charge in [0, 0.05) is 6.42 Å². The van der Waals surface area contributed by atoms with Gasteiger partial charge < -0.3 is 10.1 Å². The molecule has 0 spiro atoms.